The van der Waals surface area contributed by atoms with Crippen molar-refractivity contribution in [2.24, 2.45) is 0 Å². The van der Waals surface area contributed by atoms with Gasteiger partial charge in [-0.05, 0) is 28.8 Å². The SMILES string of the molecule is O=C(Nc1ccccc1)C(c1ccccc1)(c1ccccc1)c1ccccc1. The lowest BCUT2D eigenvalue weighted by atomic mass is 9.68. The monoisotopic (exact) mass is 363 g/mol. The van der Waals surface area contributed by atoms with Gasteiger partial charge in [0.05, 0.1) is 0 Å². The lowest BCUT2D eigenvalue weighted by Gasteiger charge is -2.34. The summed E-state index contributed by atoms with van der Waals surface area (Å²) in [5, 5.41) is 3.14. The van der Waals surface area contributed by atoms with Crippen molar-refractivity contribution in [3.63, 3.8) is 0 Å². The highest BCUT2D eigenvalue weighted by Gasteiger charge is 2.43. The van der Waals surface area contributed by atoms with Gasteiger partial charge in [-0.3, -0.25) is 4.79 Å². The summed E-state index contributed by atoms with van der Waals surface area (Å²) >= 11 is 0. The maximum atomic E-state index is 13.9. The van der Waals surface area contributed by atoms with Crippen LogP contribution in [-0.2, 0) is 10.2 Å². The Bertz CT molecular complexity index is 932. The van der Waals surface area contributed by atoms with E-state index < -0.39 is 5.41 Å². The molecule has 0 fully saturated rings. The summed E-state index contributed by atoms with van der Waals surface area (Å²) in [7, 11) is 0. The van der Waals surface area contributed by atoms with Crippen LogP contribution in [0.5, 0.6) is 0 Å². The van der Waals surface area contributed by atoms with Crippen LogP contribution in [0.25, 0.3) is 0 Å². The number of anilines is 1. The molecule has 0 aromatic heterocycles. The van der Waals surface area contributed by atoms with Gasteiger partial charge in [0.25, 0.3) is 0 Å². The Morgan fingerprint density at radius 2 is 0.821 bits per heavy atom. The smallest absolute Gasteiger partial charge is 0.244 e. The van der Waals surface area contributed by atoms with Gasteiger partial charge in [0.15, 0.2) is 0 Å². The highest BCUT2D eigenvalue weighted by atomic mass is 16.2. The maximum Gasteiger partial charge on any atom is 0.244 e. The summed E-state index contributed by atoms with van der Waals surface area (Å²) in [6.07, 6.45) is 0. The molecule has 0 atom stereocenters. The molecule has 0 aliphatic heterocycles. The molecule has 2 heteroatoms. The van der Waals surface area contributed by atoms with Gasteiger partial charge in [-0.15, -0.1) is 0 Å². The van der Waals surface area contributed by atoms with Crippen LogP contribution >= 0.6 is 0 Å². The number of rotatable bonds is 5. The van der Waals surface area contributed by atoms with E-state index in [0.29, 0.717) is 0 Å². The van der Waals surface area contributed by atoms with E-state index in [1.54, 1.807) is 0 Å². The first-order valence-electron chi connectivity index (χ1n) is 9.35. The van der Waals surface area contributed by atoms with Crippen molar-refractivity contribution >= 4 is 11.6 Å². The Morgan fingerprint density at radius 1 is 0.500 bits per heavy atom. The first-order valence-corrected chi connectivity index (χ1v) is 9.35. The molecule has 136 valence electrons. The highest BCUT2D eigenvalue weighted by molar-refractivity contribution is 6.04. The van der Waals surface area contributed by atoms with E-state index >= 15 is 0 Å². The van der Waals surface area contributed by atoms with Gasteiger partial charge in [0.2, 0.25) is 5.91 Å². The summed E-state index contributed by atoms with van der Waals surface area (Å²) in [5.74, 6) is -0.0812. The Morgan fingerprint density at radius 3 is 1.18 bits per heavy atom. The van der Waals surface area contributed by atoms with E-state index in [1.807, 2.05) is 121 Å². The van der Waals surface area contributed by atoms with E-state index in [-0.39, 0.29) is 5.91 Å². The molecule has 4 rings (SSSR count). The molecule has 28 heavy (non-hydrogen) atoms. The van der Waals surface area contributed by atoms with Crippen molar-refractivity contribution in [2.75, 3.05) is 5.32 Å². The summed E-state index contributed by atoms with van der Waals surface area (Å²) < 4.78 is 0. The largest absolute Gasteiger partial charge is 0.325 e. The molecule has 1 N–H and O–H groups in total. The molecule has 0 aliphatic rings. The van der Waals surface area contributed by atoms with Crippen LogP contribution in [0, 0.1) is 0 Å². The number of benzene rings is 4. The quantitative estimate of drug-likeness (QED) is 0.456. The molecule has 0 bridgehead atoms. The second-order valence-electron chi connectivity index (χ2n) is 6.67. The van der Waals surface area contributed by atoms with Crippen LogP contribution in [-0.4, -0.2) is 5.91 Å². The average molecular weight is 363 g/mol. The van der Waals surface area contributed by atoms with Gasteiger partial charge in [0, 0.05) is 5.69 Å². The lowest BCUT2D eigenvalue weighted by molar-refractivity contribution is -0.119. The molecule has 0 radical (unpaired) electrons. The van der Waals surface area contributed by atoms with E-state index in [2.05, 4.69) is 5.32 Å². The van der Waals surface area contributed by atoms with Crippen LogP contribution in [0.2, 0.25) is 0 Å². The van der Waals surface area contributed by atoms with Crippen molar-refractivity contribution in [1.29, 1.82) is 0 Å². The molecule has 0 aliphatic carbocycles. The van der Waals surface area contributed by atoms with Crippen LogP contribution in [0.3, 0.4) is 0 Å². The van der Waals surface area contributed by atoms with Crippen LogP contribution in [0.4, 0.5) is 5.69 Å². The minimum atomic E-state index is -0.959. The number of amides is 1. The van der Waals surface area contributed by atoms with Crippen LogP contribution in [0.15, 0.2) is 121 Å². The minimum Gasteiger partial charge on any atom is -0.325 e. The number of hydrogen-bond donors (Lipinski definition) is 1. The Hall–Kier alpha value is -3.65. The molecule has 1 amide bonds. The molecular weight excluding hydrogens is 342 g/mol. The van der Waals surface area contributed by atoms with Crippen molar-refractivity contribution in [2.45, 2.75) is 5.41 Å². The number of carbonyl (C=O) groups is 1. The Balaban J connectivity index is 1.97. The lowest BCUT2D eigenvalue weighted by Crippen LogP contribution is -2.42. The van der Waals surface area contributed by atoms with Gasteiger partial charge in [-0.1, -0.05) is 109 Å². The predicted octanol–water partition coefficient (Wildman–Crippen LogP) is 5.66. The van der Waals surface area contributed by atoms with Crippen molar-refractivity contribution in [1.82, 2.24) is 0 Å². The third kappa shape index (κ3) is 3.21. The van der Waals surface area contributed by atoms with Gasteiger partial charge in [-0.25, -0.2) is 0 Å². The standard InChI is InChI=1S/C26H21NO/c28-25(27-24-19-11-4-12-20-24)26(21-13-5-1-6-14-21,22-15-7-2-8-16-22)23-17-9-3-10-18-23/h1-20H,(H,27,28). The third-order valence-corrected chi connectivity index (χ3v) is 4.99. The van der Waals surface area contributed by atoms with E-state index in [0.717, 1.165) is 22.4 Å². The van der Waals surface area contributed by atoms with Crippen molar-refractivity contribution in [3.05, 3.63) is 138 Å². The van der Waals surface area contributed by atoms with Crippen LogP contribution in [0.1, 0.15) is 16.7 Å². The zero-order valence-corrected chi connectivity index (χ0v) is 15.5. The molecule has 0 heterocycles. The normalized spacial score (nSPS) is 11.0. The molecule has 0 unspecified atom stereocenters. The van der Waals surface area contributed by atoms with Crippen molar-refractivity contribution < 1.29 is 4.79 Å². The van der Waals surface area contributed by atoms with Gasteiger partial charge in [0.1, 0.15) is 5.41 Å². The summed E-state index contributed by atoms with van der Waals surface area (Å²) in [6.45, 7) is 0. The van der Waals surface area contributed by atoms with E-state index in [4.69, 9.17) is 0 Å². The van der Waals surface area contributed by atoms with E-state index in [9.17, 15) is 4.79 Å². The molecule has 2 nitrogen and oxygen atoms in total. The zero-order valence-electron chi connectivity index (χ0n) is 15.5. The third-order valence-electron chi connectivity index (χ3n) is 4.99. The molecule has 0 saturated heterocycles. The number of nitrogens with one attached hydrogen (secondary N) is 1. The molecule has 4 aromatic rings. The first-order chi connectivity index (χ1) is 13.8. The fourth-order valence-corrected chi connectivity index (χ4v) is 3.70. The number of para-hydroxylation sites is 1. The minimum absolute atomic E-state index is 0.0812. The summed E-state index contributed by atoms with van der Waals surface area (Å²) in [6, 6.07) is 39.5. The Labute approximate surface area is 165 Å². The van der Waals surface area contributed by atoms with Gasteiger partial charge >= 0.3 is 0 Å². The van der Waals surface area contributed by atoms with E-state index in [1.165, 1.54) is 0 Å². The maximum absolute atomic E-state index is 13.9. The second-order valence-corrected chi connectivity index (χ2v) is 6.67. The average Bonchev–Trinajstić information content (AvgIpc) is 2.77. The first kappa shape index (κ1) is 17.7. The predicted molar refractivity (Wildman–Crippen MR) is 114 cm³/mol. The number of hydrogen-bond acceptors (Lipinski definition) is 1. The second kappa shape index (κ2) is 7.93. The highest BCUT2D eigenvalue weighted by Crippen LogP contribution is 2.40. The summed E-state index contributed by atoms with van der Waals surface area (Å²) in [5.41, 5.74) is 2.61. The Kier molecular flexibility index (Phi) is 5.03. The van der Waals surface area contributed by atoms with Gasteiger partial charge in [-0.2, -0.15) is 0 Å². The van der Waals surface area contributed by atoms with Crippen LogP contribution < -0.4 is 5.32 Å². The topological polar surface area (TPSA) is 29.1 Å². The fourth-order valence-electron chi connectivity index (χ4n) is 3.70. The van der Waals surface area contributed by atoms with Gasteiger partial charge < -0.3 is 5.32 Å². The summed E-state index contributed by atoms with van der Waals surface area (Å²) in [4.78, 5) is 13.9. The molecular formula is C26H21NO. The molecule has 0 spiro atoms. The number of carbonyl (C=O) groups excluding carboxylic acids is 1. The van der Waals surface area contributed by atoms with Crippen molar-refractivity contribution in [3.8, 4) is 0 Å². The zero-order chi connectivity index (χ0) is 19.2. The molecule has 4 aromatic carbocycles. The molecule has 0 saturated carbocycles. The fraction of sp³-hybridized carbons (Fsp3) is 0.0385.